The summed E-state index contributed by atoms with van der Waals surface area (Å²) in [5.74, 6) is 0.788. The summed E-state index contributed by atoms with van der Waals surface area (Å²) < 4.78 is 5.34. The fourth-order valence-electron chi connectivity index (χ4n) is 1.90. The van der Waals surface area contributed by atoms with Gasteiger partial charge in [0.25, 0.3) is 5.91 Å². The molecule has 1 aromatic heterocycles. The Kier molecular flexibility index (Phi) is 6.10. The molecule has 0 spiro atoms. The minimum atomic E-state index is -0.235. The van der Waals surface area contributed by atoms with Crippen molar-refractivity contribution in [2.45, 2.75) is 30.5 Å². The number of rotatable bonds is 7. The molecule has 0 aliphatic heterocycles. The fraction of sp³-hybridized carbons (Fsp3) is 0.353. The second kappa shape index (κ2) is 8.06. The summed E-state index contributed by atoms with van der Waals surface area (Å²) in [4.78, 5) is 13.4. The Bertz CT molecular complexity index is 597. The molecule has 5 heteroatoms. The first-order valence-electron chi connectivity index (χ1n) is 7.27. The zero-order valence-electron chi connectivity index (χ0n) is 12.8. The molecule has 1 aromatic carbocycles. The van der Waals surface area contributed by atoms with E-state index in [0.717, 1.165) is 10.5 Å². The van der Waals surface area contributed by atoms with Crippen LogP contribution in [0, 0.1) is 5.92 Å². The van der Waals surface area contributed by atoms with Gasteiger partial charge in [-0.1, -0.05) is 25.1 Å². The number of benzene rings is 1. The molecule has 0 fully saturated rings. The van der Waals surface area contributed by atoms with E-state index in [2.05, 4.69) is 5.32 Å². The number of hydrogen-bond donors (Lipinski definition) is 2. The van der Waals surface area contributed by atoms with Crippen molar-refractivity contribution in [1.82, 2.24) is 5.32 Å². The summed E-state index contributed by atoms with van der Waals surface area (Å²) in [5, 5.41) is 12.0. The van der Waals surface area contributed by atoms with E-state index in [4.69, 9.17) is 9.52 Å². The lowest BCUT2D eigenvalue weighted by Gasteiger charge is -2.18. The molecule has 2 rings (SSSR count). The highest BCUT2D eigenvalue weighted by Gasteiger charge is 2.20. The molecule has 4 nitrogen and oxygen atoms in total. The number of hydrogen-bond acceptors (Lipinski definition) is 4. The minimum absolute atomic E-state index is 0.000978. The van der Waals surface area contributed by atoms with E-state index >= 15 is 0 Å². The SMILES string of the molecule is CC(CO)C(C)NC(=O)c1occc1CSc1ccccc1. The molecule has 2 atom stereocenters. The van der Waals surface area contributed by atoms with Crippen LogP contribution >= 0.6 is 11.8 Å². The Labute approximate surface area is 134 Å². The number of furan rings is 1. The Balaban J connectivity index is 1.98. The van der Waals surface area contributed by atoms with E-state index in [1.165, 1.54) is 6.26 Å². The number of aliphatic hydroxyl groups is 1. The zero-order valence-corrected chi connectivity index (χ0v) is 13.6. The molecule has 1 heterocycles. The van der Waals surface area contributed by atoms with Gasteiger partial charge in [-0.3, -0.25) is 4.79 Å². The van der Waals surface area contributed by atoms with Crippen molar-refractivity contribution >= 4 is 17.7 Å². The minimum Gasteiger partial charge on any atom is -0.459 e. The van der Waals surface area contributed by atoms with Gasteiger partial charge in [-0.15, -0.1) is 11.8 Å². The Morgan fingerprint density at radius 1 is 1.27 bits per heavy atom. The van der Waals surface area contributed by atoms with Crippen molar-refractivity contribution in [2.75, 3.05) is 6.61 Å². The summed E-state index contributed by atoms with van der Waals surface area (Å²) in [7, 11) is 0. The highest BCUT2D eigenvalue weighted by atomic mass is 32.2. The van der Waals surface area contributed by atoms with E-state index in [1.807, 2.05) is 50.2 Å². The Hall–Kier alpha value is -1.72. The van der Waals surface area contributed by atoms with Crippen LogP contribution in [0.15, 0.2) is 52.0 Å². The Morgan fingerprint density at radius 3 is 2.68 bits per heavy atom. The molecule has 2 N–H and O–H groups in total. The van der Waals surface area contributed by atoms with Gasteiger partial charge in [0.05, 0.1) is 6.26 Å². The van der Waals surface area contributed by atoms with Gasteiger partial charge in [0.2, 0.25) is 0 Å². The highest BCUT2D eigenvalue weighted by Crippen LogP contribution is 2.25. The molecule has 0 bridgehead atoms. The van der Waals surface area contributed by atoms with Crippen molar-refractivity contribution in [2.24, 2.45) is 5.92 Å². The lowest BCUT2D eigenvalue weighted by atomic mass is 10.1. The molecule has 22 heavy (non-hydrogen) atoms. The molecule has 0 radical (unpaired) electrons. The molecule has 2 unspecified atom stereocenters. The van der Waals surface area contributed by atoms with E-state index in [1.54, 1.807) is 11.8 Å². The van der Waals surface area contributed by atoms with Crippen LogP contribution in [-0.2, 0) is 5.75 Å². The number of carbonyl (C=O) groups excluding carboxylic acids is 1. The molecular formula is C17H21NO3S. The maximum absolute atomic E-state index is 12.3. The molecule has 0 aliphatic carbocycles. The number of amides is 1. The summed E-state index contributed by atoms with van der Waals surface area (Å²) >= 11 is 1.66. The van der Waals surface area contributed by atoms with E-state index in [-0.39, 0.29) is 24.5 Å². The number of nitrogens with one attached hydrogen (secondary N) is 1. The maximum Gasteiger partial charge on any atom is 0.287 e. The first kappa shape index (κ1) is 16.6. The van der Waals surface area contributed by atoms with Gasteiger partial charge in [-0.2, -0.15) is 0 Å². The second-order valence-electron chi connectivity index (χ2n) is 5.30. The Morgan fingerprint density at radius 2 is 2.00 bits per heavy atom. The number of thioether (sulfide) groups is 1. The fourth-order valence-corrected chi connectivity index (χ4v) is 2.80. The van der Waals surface area contributed by atoms with Gasteiger partial charge < -0.3 is 14.8 Å². The normalized spacial score (nSPS) is 13.6. The van der Waals surface area contributed by atoms with Crippen LogP contribution in [0.1, 0.15) is 30.0 Å². The van der Waals surface area contributed by atoms with Crippen LogP contribution in [0.2, 0.25) is 0 Å². The molecule has 0 saturated heterocycles. The standard InChI is InChI=1S/C17H21NO3S/c1-12(10-19)13(2)18-17(20)16-14(8-9-21-16)11-22-15-6-4-3-5-7-15/h3-9,12-13,19H,10-11H2,1-2H3,(H,18,20). The van der Waals surface area contributed by atoms with Crippen LogP contribution < -0.4 is 5.32 Å². The third-order valence-electron chi connectivity index (χ3n) is 3.59. The zero-order chi connectivity index (χ0) is 15.9. The molecule has 0 aliphatic rings. The summed E-state index contributed by atoms with van der Waals surface area (Å²) in [6.07, 6.45) is 1.54. The third kappa shape index (κ3) is 4.39. The first-order valence-corrected chi connectivity index (χ1v) is 8.26. The van der Waals surface area contributed by atoms with Crippen molar-refractivity contribution in [1.29, 1.82) is 0 Å². The summed E-state index contributed by atoms with van der Waals surface area (Å²) in [5.41, 5.74) is 0.871. The lowest BCUT2D eigenvalue weighted by Crippen LogP contribution is -2.38. The van der Waals surface area contributed by atoms with Crippen molar-refractivity contribution < 1.29 is 14.3 Å². The quantitative estimate of drug-likeness (QED) is 0.769. The van der Waals surface area contributed by atoms with E-state index in [0.29, 0.717) is 11.5 Å². The van der Waals surface area contributed by atoms with Crippen LogP contribution in [-0.4, -0.2) is 23.7 Å². The van der Waals surface area contributed by atoms with Gasteiger partial charge >= 0.3 is 0 Å². The van der Waals surface area contributed by atoms with Crippen molar-refractivity contribution in [3.05, 3.63) is 54.0 Å². The smallest absolute Gasteiger partial charge is 0.287 e. The van der Waals surface area contributed by atoms with Crippen molar-refractivity contribution in [3.63, 3.8) is 0 Å². The summed E-state index contributed by atoms with van der Waals surface area (Å²) in [6, 6.07) is 11.7. The molecule has 0 saturated carbocycles. The van der Waals surface area contributed by atoms with Gasteiger partial charge in [-0.25, -0.2) is 0 Å². The first-order chi connectivity index (χ1) is 10.6. The van der Waals surface area contributed by atoms with Gasteiger partial charge in [0.1, 0.15) is 0 Å². The summed E-state index contributed by atoms with van der Waals surface area (Å²) in [6.45, 7) is 3.80. The van der Waals surface area contributed by atoms with Crippen molar-refractivity contribution in [3.8, 4) is 0 Å². The predicted molar refractivity (Wildman–Crippen MR) is 87.9 cm³/mol. The van der Waals surface area contributed by atoms with Crippen LogP contribution in [0.5, 0.6) is 0 Å². The highest BCUT2D eigenvalue weighted by molar-refractivity contribution is 7.98. The molecule has 118 valence electrons. The molecule has 2 aromatic rings. The maximum atomic E-state index is 12.3. The second-order valence-corrected chi connectivity index (χ2v) is 6.35. The average Bonchev–Trinajstić information content (AvgIpc) is 3.01. The number of carbonyl (C=O) groups is 1. The van der Waals surface area contributed by atoms with Gasteiger partial charge in [0, 0.05) is 28.9 Å². The molecular weight excluding hydrogens is 298 g/mol. The lowest BCUT2D eigenvalue weighted by molar-refractivity contribution is 0.0887. The van der Waals surface area contributed by atoms with E-state index < -0.39 is 0 Å². The van der Waals surface area contributed by atoms with Gasteiger partial charge in [0.15, 0.2) is 5.76 Å². The number of aliphatic hydroxyl groups excluding tert-OH is 1. The third-order valence-corrected chi connectivity index (χ3v) is 4.65. The predicted octanol–water partition coefficient (Wildman–Crippen LogP) is 3.32. The van der Waals surface area contributed by atoms with Crippen LogP contribution in [0.3, 0.4) is 0 Å². The van der Waals surface area contributed by atoms with Gasteiger partial charge in [-0.05, 0) is 31.0 Å². The molecule has 1 amide bonds. The van der Waals surface area contributed by atoms with Crippen LogP contribution in [0.4, 0.5) is 0 Å². The topological polar surface area (TPSA) is 62.5 Å². The van der Waals surface area contributed by atoms with E-state index in [9.17, 15) is 4.79 Å². The average molecular weight is 319 g/mol. The van der Waals surface area contributed by atoms with Crippen LogP contribution in [0.25, 0.3) is 0 Å². The monoisotopic (exact) mass is 319 g/mol. The largest absolute Gasteiger partial charge is 0.459 e.